The van der Waals surface area contributed by atoms with Gasteiger partial charge in [0.25, 0.3) is 0 Å². The second-order valence-corrected chi connectivity index (χ2v) is 6.26. The van der Waals surface area contributed by atoms with Crippen molar-refractivity contribution in [3.63, 3.8) is 0 Å². The molecule has 2 heterocycles. The fourth-order valence-electron chi connectivity index (χ4n) is 2.92. The number of aliphatic carboxylic acids is 1. The van der Waals surface area contributed by atoms with Crippen molar-refractivity contribution in [2.45, 2.75) is 45.2 Å². The summed E-state index contributed by atoms with van der Waals surface area (Å²) in [5.74, 6) is 0.696. The summed E-state index contributed by atoms with van der Waals surface area (Å²) in [6, 6.07) is 7.66. The van der Waals surface area contributed by atoms with Crippen molar-refractivity contribution in [1.82, 2.24) is 15.0 Å². The van der Waals surface area contributed by atoms with Gasteiger partial charge in [0.05, 0.1) is 6.54 Å². The first-order valence-corrected chi connectivity index (χ1v) is 7.94. The van der Waals surface area contributed by atoms with Crippen LogP contribution in [0.1, 0.15) is 44.1 Å². The van der Waals surface area contributed by atoms with Crippen molar-refractivity contribution >= 4 is 5.97 Å². The van der Waals surface area contributed by atoms with E-state index in [0.29, 0.717) is 30.6 Å². The fourth-order valence-corrected chi connectivity index (χ4v) is 2.92. The van der Waals surface area contributed by atoms with Crippen molar-refractivity contribution in [1.29, 1.82) is 0 Å². The lowest BCUT2D eigenvalue weighted by atomic mass is 10.0. The van der Waals surface area contributed by atoms with Crippen molar-refractivity contribution < 1.29 is 14.4 Å². The Hall–Kier alpha value is -2.21. The zero-order valence-corrected chi connectivity index (χ0v) is 13.4. The third-order valence-electron chi connectivity index (χ3n) is 4.29. The van der Waals surface area contributed by atoms with Gasteiger partial charge >= 0.3 is 5.97 Å². The van der Waals surface area contributed by atoms with Crippen LogP contribution in [0.4, 0.5) is 0 Å². The number of carboxylic acid groups (broad SMARTS) is 1. The molecule has 6 heteroatoms. The highest BCUT2D eigenvalue weighted by Crippen LogP contribution is 2.23. The molecule has 1 N–H and O–H groups in total. The van der Waals surface area contributed by atoms with Crippen LogP contribution in [-0.4, -0.2) is 38.7 Å². The second kappa shape index (κ2) is 6.50. The van der Waals surface area contributed by atoms with Crippen LogP contribution < -0.4 is 0 Å². The Morgan fingerprint density at radius 1 is 1.39 bits per heavy atom. The number of benzene rings is 1. The average Bonchev–Trinajstić information content (AvgIpc) is 3.17. The van der Waals surface area contributed by atoms with Gasteiger partial charge in [0.2, 0.25) is 11.7 Å². The zero-order valence-electron chi connectivity index (χ0n) is 13.4. The molecular formula is C17H21N3O3. The molecule has 0 amide bonds. The van der Waals surface area contributed by atoms with Gasteiger partial charge in [-0.2, -0.15) is 4.98 Å². The van der Waals surface area contributed by atoms with Crippen molar-refractivity contribution in [3.8, 4) is 11.4 Å². The normalized spacial score (nSPS) is 18.7. The predicted octanol–water partition coefficient (Wildman–Crippen LogP) is 2.91. The van der Waals surface area contributed by atoms with Crippen LogP contribution in [0.15, 0.2) is 28.8 Å². The molecule has 0 saturated carbocycles. The van der Waals surface area contributed by atoms with Gasteiger partial charge in [-0.1, -0.05) is 43.3 Å². The van der Waals surface area contributed by atoms with Crippen LogP contribution in [0.25, 0.3) is 11.4 Å². The Morgan fingerprint density at radius 3 is 2.78 bits per heavy atom. The Kier molecular flexibility index (Phi) is 4.43. The Morgan fingerprint density at radius 2 is 2.13 bits per heavy atom. The lowest BCUT2D eigenvalue weighted by Crippen LogP contribution is -2.35. The van der Waals surface area contributed by atoms with Crippen molar-refractivity contribution in [2.24, 2.45) is 0 Å². The minimum atomic E-state index is -0.786. The van der Waals surface area contributed by atoms with Crippen LogP contribution in [0, 0.1) is 0 Å². The molecule has 3 rings (SSSR count). The smallest absolute Gasteiger partial charge is 0.320 e. The highest BCUT2D eigenvalue weighted by atomic mass is 16.5. The molecule has 1 aliphatic rings. The summed E-state index contributed by atoms with van der Waals surface area (Å²) in [7, 11) is 0. The molecule has 0 unspecified atom stereocenters. The van der Waals surface area contributed by atoms with Crippen LogP contribution in [0.5, 0.6) is 0 Å². The number of carboxylic acids is 1. The first-order valence-electron chi connectivity index (χ1n) is 7.94. The molecule has 6 nitrogen and oxygen atoms in total. The van der Waals surface area contributed by atoms with E-state index in [2.05, 4.69) is 36.1 Å². The van der Waals surface area contributed by atoms with Crippen LogP contribution in [0.2, 0.25) is 0 Å². The molecule has 1 aromatic heterocycles. The Bertz CT molecular complexity index is 679. The number of hydrogen-bond acceptors (Lipinski definition) is 5. The summed E-state index contributed by atoms with van der Waals surface area (Å²) in [5, 5.41) is 13.2. The summed E-state index contributed by atoms with van der Waals surface area (Å²) < 4.78 is 5.29. The molecule has 1 aromatic carbocycles. The molecule has 1 aliphatic heterocycles. The van der Waals surface area contributed by atoms with Crippen molar-refractivity contribution in [2.75, 3.05) is 6.54 Å². The van der Waals surface area contributed by atoms with E-state index in [1.165, 1.54) is 5.56 Å². The molecule has 0 bridgehead atoms. The summed E-state index contributed by atoms with van der Waals surface area (Å²) >= 11 is 0. The van der Waals surface area contributed by atoms with E-state index >= 15 is 0 Å². The molecule has 0 radical (unpaired) electrons. The highest BCUT2D eigenvalue weighted by Gasteiger charge is 2.31. The van der Waals surface area contributed by atoms with E-state index in [9.17, 15) is 9.90 Å². The summed E-state index contributed by atoms with van der Waals surface area (Å²) in [6.07, 6.45) is 1.56. The zero-order chi connectivity index (χ0) is 16.4. The van der Waals surface area contributed by atoms with Gasteiger partial charge in [-0.05, 0) is 30.9 Å². The second-order valence-electron chi connectivity index (χ2n) is 6.26. The third kappa shape index (κ3) is 3.42. The molecule has 0 aliphatic carbocycles. The van der Waals surface area contributed by atoms with Gasteiger partial charge in [0, 0.05) is 5.56 Å². The van der Waals surface area contributed by atoms with E-state index in [4.69, 9.17) is 4.52 Å². The molecule has 122 valence electrons. The van der Waals surface area contributed by atoms with E-state index in [-0.39, 0.29) is 0 Å². The Labute approximate surface area is 135 Å². The minimum absolute atomic E-state index is 0.383. The Balaban J connectivity index is 1.71. The number of carbonyl (C=O) groups is 1. The number of nitrogens with zero attached hydrogens (tertiary/aromatic N) is 3. The van der Waals surface area contributed by atoms with E-state index in [0.717, 1.165) is 18.5 Å². The van der Waals surface area contributed by atoms with Crippen LogP contribution >= 0.6 is 0 Å². The van der Waals surface area contributed by atoms with Gasteiger partial charge in [0.15, 0.2) is 0 Å². The summed E-state index contributed by atoms with van der Waals surface area (Å²) in [4.78, 5) is 17.5. The maximum absolute atomic E-state index is 11.2. The maximum atomic E-state index is 11.2. The third-order valence-corrected chi connectivity index (χ3v) is 4.29. The summed E-state index contributed by atoms with van der Waals surface area (Å²) in [6.45, 7) is 5.43. The molecular weight excluding hydrogens is 294 g/mol. The molecule has 1 saturated heterocycles. The summed E-state index contributed by atoms with van der Waals surface area (Å²) in [5.41, 5.74) is 2.17. The number of rotatable bonds is 5. The van der Waals surface area contributed by atoms with Gasteiger partial charge < -0.3 is 9.63 Å². The molecule has 1 atom stereocenters. The topological polar surface area (TPSA) is 79.5 Å². The average molecular weight is 315 g/mol. The van der Waals surface area contributed by atoms with Gasteiger partial charge in [-0.15, -0.1) is 0 Å². The lowest BCUT2D eigenvalue weighted by Gasteiger charge is -2.18. The molecule has 2 aromatic rings. The van der Waals surface area contributed by atoms with Crippen LogP contribution in [-0.2, 0) is 11.3 Å². The largest absolute Gasteiger partial charge is 0.480 e. The first-order chi connectivity index (χ1) is 11.0. The van der Waals surface area contributed by atoms with Gasteiger partial charge in [-0.3, -0.25) is 9.69 Å². The minimum Gasteiger partial charge on any atom is -0.480 e. The molecule has 0 spiro atoms. The SMILES string of the molecule is CC(C)c1ccc(-c2noc(CN3CCC[C@H]3C(=O)O)n2)cc1. The van der Waals surface area contributed by atoms with Gasteiger partial charge in [-0.25, -0.2) is 0 Å². The quantitative estimate of drug-likeness (QED) is 0.914. The lowest BCUT2D eigenvalue weighted by molar-refractivity contribution is -0.142. The monoisotopic (exact) mass is 315 g/mol. The van der Waals surface area contributed by atoms with E-state index < -0.39 is 12.0 Å². The highest BCUT2D eigenvalue weighted by molar-refractivity contribution is 5.73. The predicted molar refractivity (Wildman–Crippen MR) is 84.9 cm³/mol. The van der Waals surface area contributed by atoms with Crippen LogP contribution in [0.3, 0.4) is 0 Å². The number of likely N-dealkylation sites (tertiary alicyclic amines) is 1. The fraction of sp³-hybridized carbons (Fsp3) is 0.471. The maximum Gasteiger partial charge on any atom is 0.320 e. The van der Waals surface area contributed by atoms with E-state index in [1.54, 1.807) is 0 Å². The first kappa shape index (κ1) is 15.7. The van der Waals surface area contributed by atoms with Crippen molar-refractivity contribution in [3.05, 3.63) is 35.7 Å². The number of aromatic nitrogens is 2. The number of hydrogen-bond donors (Lipinski definition) is 1. The standard InChI is InChI=1S/C17H21N3O3/c1-11(2)12-5-7-13(8-6-12)16-18-15(23-19-16)10-20-9-3-4-14(20)17(21)22/h5-8,11,14H,3-4,9-10H2,1-2H3,(H,21,22)/t14-/m0/s1. The molecule has 1 fully saturated rings. The molecule has 23 heavy (non-hydrogen) atoms. The van der Waals surface area contributed by atoms with E-state index in [1.807, 2.05) is 17.0 Å². The van der Waals surface area contributed by atoms with Gasteiger partial charge in [0.1, 0.15) is 6.04 Å².